The summed E-state index contributed by atoms with van der Waals surface area (Å²) in [4.78, 5) is 1.25. The van der Waals surface area contributed by atoms with Crippen molar-refractivity contribution in [2.75, 3.05) is 13.2 Å². The van der Waals surface area contributed by atoms with Crippen molar-refractivity contribution in [3.05, 3.63) is 20.8 Å². The molecular formula is C10H12BrClOS. The largest absolute Gasteiger partial charge is 0.381 e. The van der Waals surface area contributed by atoms with Crippen molar-refractivity contribution in [2.45, 2.75) is 18.2 Å². The Labute approximate surface area is 102 Å². The summed E-state index contributed by atoms with van der Waals surface area (Å²) in [5.74, 6) is 0.645. The van der Waals surface area contributed by atoms with Crippen LogP contribution in [-0.4, -0.2) is 13.2 Å². The van der Waals surface area contributed by atoms with Gasteiger partial charge in [-0.15, -0.1) is 22.9 Å². The van der Waals surface area contributed by atoms with E-state index in [1.807, 2.05) is 0 Å². The van der Waals surface area contributed by atoms with Gasteiger partial charge in [-0.2, -0.15) is 0 Å². The van der Waals surface area contributed by atoms with E-state index in [0.29, 0.717) is 5.92 Å². The molecule has 14 heavy (non-hydrogen) atoms. The topological polar surface area (TPSA) is 9.23 Å². The van der Waals surface area contributed by atoms with Crippen LogP contribution >= 0.6 is 38.9 Å². The second-order valence-corrected chi connectivity index (χ2v) is 5.89. The second-order valence-electron chi connectivity index (χ2n) is 3.57. The quantitative estimate of drug-likeness (QED) is 0.759. The summed E-state index contributed by atoms with van der Waals surface area (Å²) in [5.41, 5.74) is 0. The summed E-state index contributed by atoms with van der Waals surface area (Å²) in [7, 11) is 0. The first-order valence-electron chi connectivity index (χ1n) is 4.72. The first kappa shape index (κ1) is 10.9. The van der Waals surface area contributed by atoms with Crippen molar-refractivity contribution >= 4 is 38.9 Å². The van der Waals surface area contributed by atoms with Crippen LogP contribution in [0.1, 0.15) is 23.1 Å². The van der Waals surface area contributed by atoms with E-state index in [0.717, 1.165) is 30.5 Å². The van der Waals surface area contributed by atoms with Gasteiger partial charge in [-0.25, -0.2) is 0 Å². The van der Waals surface area contributed by atoms with Gasteiger partial charge in [0.05, 0.1) is 5.38 Å². The van der Waals surface area contributed by atoms with Gasteiger partial charge in [-0.1, -0.05) is 0 Å². The molecule has 1 aromatic heterocycles. The Balaban J connectivity index is 1.95. The standard InChI is InChI=1S/C10H12BrClOS/c11-8-2-4-14-10(8)9(12)5-7-1-3-13-6-7/h2,4,7,9H,1,3,5-6H2. The molecule has 0 radical (unpaired) electrons. The SMILES string of the molecule is ClC(CC1CCOC1)c1sccc1Br. The maximum atomic E-state index is 6.36. The summed E-state index contributed by atoms with van der Waals surface area (Å²) in [6.07, 6.45) is 2.19. The first-order chi connectivity index (χ1) is 6.77. The number of thiophene rings is 1. The van der Waals surface area contributed by atoms with Crippen LogP contribution in [0, 0.1) is 5.92 Å². The zero-order valence-corrected chi connectivity index (χ0v) is 10.9. The highest BCUT2D eigenvalue weighted by molar-refractivity contribution is 9.10. The van der Waals surface area contributed by atoms with E-state index in [2.05, 4.69) is 27.4 Å². The third-order valence-electron chi connectivity index (χ3n) is 2.49. The maximum absolute atomic E-state index is 6.36. The molecule has 0 bridgehead atoms. The lowest BCUT2D eigenvalue weighted by Gasteiger charge is -2.12. The average molecular weight is 296 g/mol. The molecule has 0 N–H and O–H groups in total. The van der Waals surface area contributed by atoms with Crippen LogP contribution in [0.4, 0.5) is 0 Å². The van der Waals surface area contributed by atoms with E-state index in [-0.39, 0.29) is 5.38 Å². The Hall–Kier alpha value is 0.430. The summed E-state index contributed by atoms with van der Waals surface area (Å²) in [6.45, 7) is 1.78. The number of alkyl halides is 1. The Morgan fingerprint density at radius 1 is 1.71 bits per heavy atom. The van der Waals surface area contributed by atoms with E-state index in [4.69, 9.17) is 16.3 Å². The number of hydrogen-bond donors (Lipinski definition) is 0. The third-order valence-corrected chi connectivity index (χ3v) is 5.00. The summed E-state index contributed by atoms with van der Waals surface area (Å²) in [5, 5.41) is 2.20. The van der Waals surface area contributed by atoms with Crippen molar-refractivity contribution in [1.82, 2.24) is 0 Å². The minimum absolute atomic E-state index is 0.135. The number of ether oxygens (including phenoxy) is 1. The molecule has 1 aliphatic rings. The lowest BCUT2D eigenvalue weighted by atomic mass is 10.0. The van der Waals surface area contributed by atoms with Gasteiger partial charge >= 0.3 is 0 Å². The zero-order chi connectivity index (χ0) is 9.97. The molecule has 4 heteroatoms. The van der Waals surface area contributed by atoms with Gasteiger partial charge in [0, 0.05) is 22.6 Å². The molecule has 1 aliphatic heterocycles. The summed E-state index contributed by atoms with van der Waals surface area (Å²) in [6, 6.07) is 2.06. The minimum Gasteiger partial charge on any atom is -0.381 e. The zero-order valence-electron chi connectivity index (χ0n) is 7.71. The smallest absolute Gasteiger partial charge is 0.0693 e. The molecule has 0 amide bonds. The normalized spacial score (nSPS) is 24.0. The fourth-order valence-corrected chi connectivity index (χ4v) is 3.99. The molecule has 2 heterocycles. The van der Waals surface area contributed by atoms with Crippen LogP contribution in [0.25, 0.3) is 0 Å². The molecule has 2 rings (SSSR count). The molecule has 0 aliphatic carbocycles. The number of hydrogen-bond acceptors (Lipinski definition) is 2. The van der Waals surface area contributed by atoms with Crippen molar-refractivity contribution < 1.29 is 4.74 Å². The highest BCUT2D eigenvalue weighted by atomic mass is 79.9. The second kappa shape index (κ2) is 4.97. The molecule has 1 saturated heterocycles. The van der Waals surface area contributed by atoms with Crippen LogP contribution in [0.5, 0.6) is 0 Å². The van der Waals surface area contributed by atoms with E-state index in [1.165, 1.54) is 4.88 Å². The van der Waals surface area contributed by atoms with Gasteiger partial charge in [0.1, 0.15) is 0 Å². The molecule has 1 aromatic rings. The molecule has 0 saturated carbocycles. The predicted molar refractivity (Wildman–Crippen MR) is 64.2 cm³/mol. The third kappa shape index (κ3) is 2.51. The van der Waals surface area contributed by atoms with Gasteiger partial charge < -0.3 is 4.74 Å². The molecular weight excluding hydrogens is 284 g/mol. The van der Waals surface area contributed by atoms with Crippen molar-refractivity contribution in [3.8, 4) is 0 Å². The Morgan fingerprint density at radius 2 is 2.57 bits per heavy atom. The number of halogens is 2. The molecule has 0 aromatic carbocycles. The molecule has 0 spiro atoms. The Kier molecular flexibility index (Phi) is 3.88. The molecule has 1 nitrogen and oxygen atoms in total. The van der Waals surface area contributed by atoms with Crippen LogP contribution < -0.4 is 0 Å². The van der Waals surface area contributed by atoms with E-state index < -0.39 is 0 Å². The molecule has 2 unspecified atom stereocenters. The highest BCUT2D eigenvalue weighted by Gasteiger charge is 2.22. The van der Waals surface area contributed by atoms with E-state index in [9.17, 15) is 0 Å². The van der Waals surface area contributed by atoms with E-state index in [1.54, 1.807) is 11.3 Å². The monoisotopic (exact) mass is 294 g/mol. The summed E-state index contributed by atoms with van der Waals surface area (Å²) >= 11 is 11.6. The van der Waals surface area contributed by atoms with Crippen LogP contribution in [0.15, 0.2) is 15.9 Å². The van der Waals surface area contributed by atoms with Gasteiger partial charge in [0.15, 0.2) is 0 Å². The van der Waals surface area contributed by atoms with Crippen LogP contribution in [0.3, 0.4) is 0 Å². The molecule has 1 fully saturated rings. The molecule has 78 valence electrons. The highest BCUT2D eigenvalue weighted by Crippen LogP contribution is 2.38. The number of rotatable bonds is 3. The van der Waals surface area contributed by atoms with Gasteiger partial charge in [-0.3, -0.25) is 0 Å². The first-order valence-corrected chi connectivity index (χ1v) is 6.83. The Morgan fingerprint density at radius 3 is 3.14 bits per heavy atom. The van der Waals surface area contributed by atoms with Gasteiger partial charge in [0.25, 0.3) is 0 Å². The van der Waals surface area contributed by atoms with Crippen molar-refractivity contribution in [2.24, 2.45) is 5.92 Å². The van der Waals surface area contributed by atoms with Crippen LogP contribution in [-0.2, 0) is 4.74 Å². The lowest BCUT2D eigenvalue weighted by Crippen LogP contribution is -2.02. The van der Waals surface area contributed by atoms with Crippen molar-refractivity contribution in [3.63, 3.8) is 0 Å². The average Bonchev–Trinajstić information content (AvgIpc) is 2.75. The van der Waals surface area contributed by atoms with Crippen LogP contribution in [0.2, 0.25) is 0 Å². The summed E-state index contributed by atoms with van der Waals surface area (Å²) < 4.78 is 6.48. The maximum Gasteiger partial charge on any atom is 0.0693 e. The van der Waals surface area contributed by atoms with Gasteiger partial charge in [0.2, 0.25) is 0 Å². The predicted octanol–water partition coefficient (Wildman–Crippen LogP) is 4.22. The lowest BCUT2D eigenvalue weighted by molar-refractivity contribution is 0.184. The minimum atomic E-state index is 0.135. The van der Waals surface area contributed by atoms with E-state index >= 15 is 0 Å². The van der Waals surface area contributed by atoms with Crippen molar-refractivity contribution in [1.29, 1.82) is 0 Å². The molecule has 2 atom stereocenters. The fourth-order valence-electron chi connectivity index (χ4n) is 1.70. The fraction of sp³-hybridized carbons (Fsp3) is 0.600. The Bertz CT molecular complexity index is 296. The van der Waals surface area contributed by atoms with Gasteiger partial charge in [-0.05, 0) is 46.1 Å².